The molecule has 1 aromatic rings. The number of hydrogen-bond acceptors (Lipinski definition) is 4. The van der Waals surface area contributed by atoms with E-state index in [2.05, 4.69) is 4.74 Å². The summed E-state index contributed by atoms with van der Waals surface area (Å²) in [4.78, 5) is 0. The van der Waals surface area contributed by atoms with Gasteiger partial charge in [-0.1, -0.05) is 6.07 Å². The van der Waals surface area contributed by atoms with E-state index in [1.54, 1.807) is 0 Å². The molecular formula is C9H12FNO3. The van der Waals surface area contributed by atoms with E-state index in [1.165, 1.54) is 13.2 Å². The van der Waals surface area contributed by atoms with Crippen molar-refractivity contribution in [1.29, 1.82) is 0 Å². The van der Waals surface area contributed by atoms with Gasteiger partial charge in [-0.05, 0) is 6.07 Å². The van der Waals surface area contributed by atoms with Gasteiger partial charge in [0.1, 0.15) is 0 Å². The summed E-state index contributed by atoms with van der Waals surface area (Å²) < 4.78 is 17.7. The van der Waals surface area contributed by atoms with Gasteiger partial charge in [-0.15, -0.1) is 0 Å². The van der Waals surface area contributed by atoms with Crippen molar-refractivity contribution >= 4 is 0 Å². The van der Waals surface area contributed by atoms with Crippen LogP contribution in [0.25, 0.3) is 0 Å². The number of hydrogen-bond donors (Lipinski definition) is 3. The summed E-state index contributed by atoms with van der Waals surface area (Å²) >= 11 is 0. The molecule has 0 aliphatic rings. The SMILES string of the molecule is COc1c(F)ccc(C(N)CO)c1O. The summed E-state index contributed by atoms with van der Waals surface area (Å²) in [5.74, 6) is -1.29. The lowest BCUT2D eigenvalue weighted by molar-refractivity contribution is 0.263. The number of phenolic OH excluding ortho intramolecular Hbond substituents is 1. The summed E-state index contributed by atoms with van der Waals surface area (Å²) in [6, 6.07) is 1.70. The number of aliphatic hydroxyl groups excluding tert-OH is 1. The highest BCUT2D eigenvalue weighted by Gasteiger charge is 2.17. The van der Waals surface area contributed by atoms with Gasteiger partial charge in [-0.2, -0.15) is 0 Å². The Labute approximate surface area is 80.7 Å². The minimum absolute atomic E-state index is 0.255. The van der Waals surface area contributed by atoms with Crippen molar-refractivity contribution in [2.75, 3.05) is 13.7 Å². The van der Waals surface area contributed by atoms with Crippen molar-refractivity contribution in [1.82, 2.24) is 0 Å². The molecule has 14 heavy (non-hydrogen) atoms. The fourth-order valence-electron chi connectivity index (χ4n) is 1.15. The molecular weight excluding hydrogens is 189 g/mol. The molecule has 1 unspecified atom stereocenters. The number of nitrogens with two attached hydrogens (primary N) is 1. The number of phenols is 1. The summed E-state index contributed by atoms with van der Waals surface area (Å²) in [5.41, 5.74) is 5.74. The first kappa shape index (κ1) is 10.7. The molecule has 0 aliphatic carbocycles. The van der Waals surface area contributed by atoms with Crippen molar-refractivity contribution in [3.8, 4) is 11.5 Å². The Morgan fingerprint density at radius 2 is 2.21 bits per heavy atom. The standard InChI is InChI=1S/C9H12FNO3/c1-14-9-6(10)3-2-5(8(9)13)7(11)4-12/h2-3,7,12-13H,4,11H2,1H3. The third-order valence-corrected chi connectivity index (χ3v) is 1.91. The maximum absolute atomic E-state index is 13.0. The van der Waals surface area contributed by atoms with Gasteiger partial charge >= 0.3 is 0 Å². The molecule has 0 radical (unpaired) electrons. The first-order valence-electron chi connectivity index (χ1n) is 4.03. The normalized spacial score (nSPS) is 12.6. The zero-order chi connectivity index (χ0) is 10.7. The highest BCUT2D eigenvalue weighted by Crippen LogP contribution is 2.34. The summed E-state index contributed by atoms with van der Waals surface area (Å²) in [7, 11) is 1.24. The average molecular weight is 201 g/mol. The van der Waals surface area contributed by atoms with Gasteiger partial charge in [0.25, 0.3) is 0 Å². The van der Waals surface area contributed by atoms with E-state index in [9.17, 15) is 9.50 Å². The predicted octanol–water partition coefficient (Wildman–Crippen LogP) is 0.532. The number of aromatic hydroxyl groups is 1. The van der Waals surface area contributed by atoms with Crippen molar-refractivity contribution in [2.45, 2.75) is 6.04 Å². The van der Waals surface area contributed by atoms with Gasteiger partial charge < -0.3 is 20.7 Å². The Kier molecular flexibility index (Phi) is 3.27. The third-order valence-electron chi connectivity index (χ3n) is 1.91. The largest absolute Gasteiger partial charge is 0.504 e. The Bertz CT molecular complexity index is 330. The van der Waals surface area contributed by atoms with Crippen LogP contribution in [-0.2, 0) is 0 Å². The molecule has 4 nitrogen and oxygen atoms in total. The van der Waals surface area contributed by atoms with Crippen molar-refractivity contribution in [3.63, 3.8) is 0 Å². The Hall–Kier alpha value is -1.33. The second kappa shape index (κ2) is 4.26. The van der Waals surface area contributed by atoms with Crippen LogP contribution in [0.4, 0.5) is 4.39 Å². The average Bonchev–Trinajstić information content (AvgIpc) is 2.18. The summed E-state index contributed by atoms with van der Waals surface area (Å²) in [6.07, 6.45) is 0. The smallest absolute Gasteiger partial charge is 0.196 e. The molecule has 0 spiro atoms. The topological polar surface area (TPSA) is 75.7 Å². The van der Waals surface area contributed by atoms with Gasteiger partial charge in [0.2, 0.25) is 0 Å². The first-order chi connectivity index (χ1) is 6.61. The van der Waals surface area contributed by atoms with Gasteiger partial charge in [-0.3, -0.25) is 0 Å². The molecule has 0 bridgehead atoms. The van der Waals surface area contributed by atoms with E-state index in [4.69, 9.17) is 10.8 Å². The second-order valence-corrected chi connectivity index (χ2v) is 2.81. The number of aliphatic hydroxyl groups is 1. The molecule has 1 aromatic carbocycles. The Balaban J connectivity index is 3.21. The Morgan fingerprint density at radius 1 is 1.57 bits per heavy atom. The molecule has 0 saturated heterocycles. The van der Waals surface area contributed by atoms with Crippen LogP contribution in [0.2, 0.25) is 0 Å². The van der Waals surface area contributed by atoms with E-state index in [0.717, 1.165) is 6.07 Å². The van der Waals surface area contributed by atoms with E-state index in [0.29, 0.717) is 0 Å². The van der Waals surface area contributed by atoms with Crippen molar-refractivity contribution in [3.05, 3.63) is 23.5 Å². The highest BCUT2D eigenvalue weighted by atomic mass is 19.1. The lowest BCUT2D eigenvalue weighted by atomic mass is 10.1. The van der Waals surface area contributed by atoms with Crippen molar-refractivity contribution in [2.24, 2.45) is 5.73 Å². The molecule has 1 rings (SSSR count). The maximum atomic E-state index is 13.0. The zero-order valence-corrected chi connectivity index (χ0v) is 7.70. The zero-order valence-electron chi connectivity index (χ0n) is 7.70. The Morgan fingerprint density at radius 3 is 2.71 bits per heavy atom. The number of benzene rings is 1. The summed E-state index contributed by atoms with van der Waals surface area (Å²) in [5, 5.41) is 18.3. The predicted molar refractivity (Wildman–Crippen MR) is 48.6 cm³/mol. The monoisotopic (exact) mass is 201 g/mol. The molecule has 5 heteroatoms. The number of halogens is 1. The van der Waals surface area contributed by atoms with Gasteiger partial charge in [0.15, 0.2) is 17.3 Å². The fourth-order valence-corrected chi connectivity index (χ4v) is 1.15. The molecule has 78 valence electrons. The third kappa shape index (κ3) is 1.78. The van der Waals surface area contributed by atoms with Crippen LogP contribution in [-0.4, -0.2) is 23.9 Å². The lowest BCUT2D eigenvalue weighted by Crippen LogP contribution is -2.15. The van der Waals surface area contributed by atoms with E-state index in [-0.39, 0.29) is 23.7 Å². The minimum Gasteiger partial charge on any atom is -0.504 e. The second-order valence-electron chi connectivity index (χ2n) is 2.81. The van der Waals surface area contributed by atoms with Crippen LogP contribution in [0.5, 0.6) is 11.5 Å². The minimum atomic E-state index is -0.746. The van der Waals surface area contributed by atoms with E-state index >= 15 is 0 Å². The van der Waals surface area contributed by atoms with Crippen LogP contribution in [0.1, 0.15) is 11.6 Å². The quantitative estimate of drug-likeness (QED) is 0.666. The van der Waals surface area contributed by atoms with Crippen molar-refractivity contribution < 1.29 is 19.3 Å². The molecule has 0 saturated carbocycles. The highest BCUT2D eigenvalue weighted by molar-refractivity contribution is 5.47. The molecule has 0 aromatic heterocycles. The van der Waals surface area contributed by atoms with Crippen LogP contribution in [0.3, 0.4) is 0 Å². The van der Waals surface area contributed by atoms with E-state index in [1.807, 2.05) is 0 Å². The number of methoxy groups -OCH3 is 1. The van der Waals surface area contributed by atoms with Gasteiger partial charge in [0, 0.05) is 5.56 Å². The molecule has 1 atom stereocenters. The summed E-state index contributed by atoms with van der Waals surface area (Å²) in [6.45, 7) is -0.331. The maximum Gasteiger partial charge on any atom is 0.196 e. The molecule has 4 N–H and O–H groups in total. The van der Waals surface area contributed by atoms with Gasteiger partial charge in [-0.25, -0.2) is 4.39 Å². The molecule has 0 fully saturated rings. The van der Waals surface area contributed by atoms with Crippen LogP contribution < -0.4 is 10.5 Å². The molecule has 0 heterocycles. The molecule has 0 amide bonds. The lowest BCUT2D eigenvalue weighted by Gasteiger charge is -2.13. The van der Waals surface area contributed by atoms with E-state index < -0.39 is 11.9 Å². The van der Waals surface area contributed by atoms with Crippen LogP contribution >= 0.6 is 0 Å². The first-order valence-corrected chi connectivity index (χ1v) is 4.03. The van der Waals surface area contributed by atoms with Gasteiger partial charge in [0.05, 0.1) is 19.8 Å². The number of ether oxygens (including phenoxy) is 1. The molecule has 0 aliphatic heterocycles. The fraction of sp³-hybridized carbons (Fsp3) is 0.333. The number of rotatable bonds is 3. The van der Waals surface area contributed by atoms with Crippen LogP contribution in [0.15, 0.2) is 12.1 Å². The van der Waals surface area contributed by atoms with Crippen LogP contribution in [0, 0.1) is 5.82 Å².